The lowest BCUT2D eigenvalue weighted by atomic mass is 10.1. The van der Waals surface area contributed by atoms with Crippen LogP contribution >= 0.6 is 11.6 Å². The lowest BCUT2D eigenvalue weighted by Crippen LogP contribution is -2.27. The summed E-state index contributed by atoms with van der Waals surface area (Å²) in [6, 6.07) is 4.00. The van der Waals surface area contributed by atoms with Crippen LogP contribution in [0.15, 0.2) is 22.7 Å². The molecule has 0 atom stereocenters. The Hall–Kier alpha value is -2.59. The number of anilines is 1. The molecule has 1 aromatic heterocycles. The topological polar surface area (TPSA) is 93.5 Å². The van der Waals surface area contributed by atoms with Crippen LogP contribution in [0, 0.1) is 6.92 Å². The SMILES string of the molecule is COCCNC(=O)c1ccc(Cl)c(NC(=O)c2c(C)noc2C(F)(F)F)c1. The van der Waals surface area contributed by atoms with Crippen LogP contribution in [-0.4, -0.2) is 37.2 Å². The Morgan fingerprint density at radius 2 is 2.00 bits per heavy atom. The smallest absolute Gasteiger partial charge is 0.383 e. The Morgan fingerprint density at radius 1 is 1.30 bits per heavy atom. The fourth-order valence-electron chi connectivity index (χ4n) is 2.15. The molecular weight excluding hydrogens is 391 g/mol. The standard InChI is InChI=1S/C16H15ClF3N3O4/c1-8-12(13(27-23-8)16(18,19)20)15(25)22-11-7-9(3-4-10(11)17)14(24)21-5-6-26-2/h3-4,7H,5-6H2,1-2H3,(H,21,24)(H,22,25). The zero-order valence-corrected chi connectivity index (χ0v) is 15.0. The van der Waals surface area contributed by atoms with Crippen molar-refractivity contribution in [1.29, 1.82) is 0 Å². The largest absolute Gasteiger partial charge is 0.453 e. The number of aromatic nitrogens is 1. The molecule has 2 amide bonds. The summed E-state index contributed by atoms with van der Waals surface area (Å²) < 4.78 is 47.9. The van der Waals surface area contributed by atoms with Gasteiger partial charge in [-0.2, -0.15) is 13.2 Å². The van der Waals surface area contributed by atoms with Gasteiger partial charge in [0.2, 0.25) is 0 Å². The third-order valence-corrected chi connectivity index (χ3v) is 3.75. The minimum Gasteiger partial charge on any atom is -0.383 e. The van der Waals surface area contributed by atoms with Crippen LogP contribution < -0.4 is 10.6 Å². The Labute approximate surface area is 156 Å². The van der Waals surface area contributed by atoms with E-state index in [0.717, 1.165) is 0 Å². The molecule has 0 bridgehead atoms. The maximum Gasteiger partial charge on any atom is 0.453 e. The van der Waals surface area contributed by atoms with Gasteiger partial charge in [0.05, 0.1) is 23.0 Å². The fraction of sp³-hybridized carbons (Fsp3) is 0.312. The number of alkyl halides is 3. The van der Waals surface area contributed by atoms with Crippen molar-refractivity contribution in [3.05, 3.63) is 45.8 Å². The second kappa shape index (κ2) is 8.40. The van der Waals surface area contributed by atoms with E-state index >= 15 is 0 Å². The van der Waals surface area contributed by atoms with E-state index in [2.05, 4.69) is 20.3 Å². The van der Waals surface area contributed by atoms with Gasteiger partial charge in [-0.25, -0.2) is 0 Å². The van der Waals surface area contributed by atoms with Crippen molar-refractivity contribution < 1.29 is 32.0 Å². The van der Waals surface area contributed by atoms with E-state index in [4.69, 9.17) is 16.3 Å². The second-order valence-electron chi connectivity index (χ2n) is 5.37. The first-order valence-electron chi connectivity index (χ1n) is 7.56. The van der Waals surface area contributed by atoms with Gasteiger partial charge < -0.3 is 19.9 Å². The third kappa shape index (κ3) is 4.98. The summed E-state index contributed by atoms with van der Waals surface area (Å²) in [5, 5.41) is 8.06. The molecular formula is C16H15ClF3N3O4. The van der Waals surface area contributed by atoms with E-state index in [1.807, 2.05) is 0 Å². The highest BCUT2D eigenvalue weighted by Crippen LogP contribution is 2.34. The van der Waals surface area contributed by atoms with Gasteiger partial charge in [-0.05, 0) is 25.1 Å². The second-order valence-corrected chi connectivity index (χ2v) is 5.77. The summed E-state index contributed by atoms with van der Waals surface area (Å²) in [6.45, 7) is 1.76. The van der Waals surface area contributed by atoms with Gasteiger partial charge in [-0.3, -0.25) is 9.59 Å². The number of methoxy groups -OCH3 is 1. The van der Waals surface area contributed by atoms with E-state index in [0.29, 0.717) is 6.61 Å². The van der Waals surface area contributed by atoms with Crippen LogP contribution in [0.5, 0.6) is 0 Å². The van der Waals surface area contributed by atoms with Gasteiger partial charge in [0.25, 0.3) is 17.6 Å². The normalized spacial score (nSPS) is 11.3. The molecule has 2 aromatic rings. The number of benzene rings is 1. The van der Waals surface area contributed by atoms with Crippen LogP contribution in [0.1, 0.15) is 32.2 Å². The molecule has 7 nitrogen and oxygen atoms in total. The molecule has 27 heavy (non-hydrogen) atoms. The summed E-state index contributed by atoms with van der Waals surface area (Å²) in [5.74, 6) is -3.08. The van der Waals surface area contributed by atoms with Gasteiger partial charge in [0, 0.05) is 19.2 Å². The highest BCUT2D eigenvalue weighted by molar-refractivity contribution is 6.34. The summed E-state index contributed by atoms with van der Waals surface area (Å²) in [5.41, 5.74) is -0.864. The fourth-order valence-corrected chi connectivity index (χ4v) is 2.31. The summed E-state index contributed by atoms with van der Waals surface area (Å²) in [7, 11) is 1.48. The summed E-state index contributed by atoms with van der Waals surface area (Å²) in [6.07, 6.45) is -4.89. The van der Waals surface area contributed by atoms with Crippen molar-refractivity contribution >= 4 is 29.1 Å². The molecule has 146 valence electrons. The minimum absolute atomic E-state index is 0.0326. The Morgan fingerprint density at radius 3 is 2.63 bits per heavy atom. The van der Waals surface area contributed by atoms with Crippen molar-refractivity contribution in [1.82, 2.24) is 10.5 Å². The van der Waals surface area contributed by atoms with Crippen LogP contribution in [0.2, 0.25) is 5.02 Å². The molecule has 1 heterocycles. The number of nitrogens with one attached hydrogen (secondary N) is 2. The molecule has 0 aliphatic heterocycles. The van der Waals surface area contributed by atoms with E-state index in [1.165, 1.54) is 32.2 Å². The summed E-state index contributed by atoms with van der Waals surface area (Å²) >= 11 is 5.97. The highest BCUT2D eigenvalue weighted by atomic mass is 35.5. The Balaban J connectivity index is 2.25. The quantitative estimate of drug-likeness (QED) is 0.719. The average Bonchev–Trinajstić information content (AvgIpc) is 2.99. The maximum absolute atomic E-state index is 13.0. The van der Waals surface area contributed by atoms with Crippen molar-refractivity contribution in [2.45, 2.75) is 13.1 Å². The predicted molar refractivity (Wildman–Crippen MR) is 89.9 cm³/mol. The number of hydrogen-bond acceptors (Lipinski definition) is 5. The lowest BCUT2D eigenvalue weighted by molar-refractivity contribution is -0.155. The number of ether oxygens (including phenoxy) is 1. The number of hydrogen-bond donors (Lipinski definition) is 2. The third-order valence-electron chi connectivity index (χ3n) is 3.42. The van der Waals surface area contributed by atoms with Crippen LogP contribution in [0.25, 0.3) is 0 Å². The molecule has 0 aliphatic carbocycles. The monoisotopic (exact) mass is 405 g/mol. The molecule has 11 heteroatoms. The van der Waals surface area contributed by atoms with Gasteiger partial charge in [0.1, 0.15) is 5.56 Å². The van der Waals surface area contributed by atoms with E-state index in [-0.39, 0.29) is 28.5 Å². The van der Waals surface area contributed by atoms with Gasteiger partial charge in [-0.15, -0.1) is 0 Å². The van der Waals surface area contributed by atoms with Gasteiger partial charge in [-0.1, -0.05) is 16.8 Å². The van der Waals surface area contributed by atoms with Crippen LogP contribution in [-0.2, 0) is 10.9 Å². The predicted octanol–water partition coefficient (Wildman–Crippen LogP) is 3.28. The first-order chi connectivity index (χ1) is 12.6. The molecule has 0 aliphatic rings. The van der Waals surface area contributed by atoms with Crippen molar-refractivity contribution in [2.24, 2.45) is 0 Å². The van der Waals surface area contributed by atoms with E-state index in [9.17, 15) is 22.8 Å². The van der Waals surface area contributed by atoms with Gasteiger partial charge >= 0.3 is 6.18 Å². The van der Waals surface area contributed by atoms with Crippen molar-refractivity contribution in [3.63, 3.8) is 0 Å². The minimum atomic E-state index is -4.89. The molecule has 0 unspecified atom stereocenters. The Bertz CT molecular complexity index is 852. The Kier molecular flexibility index (Phi) is 6.45. The van der Waals surface area contributed by atoms with E-state index in [1.54, 1.807) is 0 Å². The number of nitrogens with zero attached hydrogens (tertiary/aromatic N) is 1. The first kappa shape index (κ1) is 20.7. The number of halogens is 4. The molecule has 1 aromatic carbocycles. The number of aryl methyl sites for hydroxylation is 1. The molecule has 0 fully saturated rings. The molecule has 0 saturated carbocycles. The van der Waals surface area contributed by atoms with Gasteiger partial charge in [0.15, 0.2) is 0 Å². The van der Waals surface area contributed by atoms with Crippen molar-refractivity contribution in [3.8, 4) is 0 Å². The zero-order chi connectivity index (χ0) is 20.2. The average molecular weight is 406 g/mol. The summed E-state index contributed by atoms with van der Waals surface area (Å²) in [4.78, 5) is 24.4. The van der Waals surface area contributed by atoms with Crippen LogP contribution in [0.3, 0.4) is 0 Å². The first-order valence-corrected chi connectivity index (χ1v) is 7.94. The molecule has 2 rings (SSSR count). The number of carbonyl (C=O) groups is 2. The molecule has 0 radical (unpaired) electrons. The maximum atomic E-state index is 13.0. The number of carbonyl (C=O) groups excluding carboxylic acids is 2. The number of rotatable bonds is 6. The zero-order valence-electron chi connectivity index (χ0n) is 14.2. The number of amides is 2. The van der Waals surface area contributed by atoms with Crippen LogP contribution in [0.4, 0.5) is 18.9 Å². The lowest BCUT2D eigenvalue weighted by Gasteiger charge is -2.11. The van der Waals surface area contributed by atoms with E-state index < -0.39 is 29.3 Å². The molecule has 2 N–H and O–H groups in total. The highest BCUT2D eigenvalue weighted by Gasteiger charge is 2.42. The molecule has 0 spiro atoms. The molecule has 0 saturated heterocycles. The van der Waals surface area contributed by atoms with Crippen molar-refractivity contribution in [2.75, 3.05) is 25.6 Å².